The van der Waals surface area contributed by atoms with Crippen LogP contribution in [-0.2, 0) is 9.59 Å². The number of carbonyl (C=O) groups excluding carboxylic acids is 3. The minimum Gasteiger partial charge on any atom is -0.358 e. The zero-order valence-electron chi connectivity index (χ0n) is 11.1. The lowest BCUT2D eigenvalue weighted by Gasteiger charge is -2.22. The van der Waals surface area contributed by atoms with Gasteiger partial charge in [0, 0.05) is 13.6 Å². The van der Waals surface area contributed by atoms with E-state index in [-0.39, 0.29) is 18.5 Å². The molecule has 4 amide bonds. The highest BCUT2D eigenvalue weighted by Gasteiger charge is 2.31. The van der Waals surface area contributed by atoms with Crippen molar-refractivity contribution in [2.45, 2.75) is 18.9 Å². The van der Waals surface area contributed by atoms with Crippen LogP contribution in [0.3, 0.4) is 0 Å². The van der Waals surface area contributed by atoms with Crippen molar-refractivity contribution in [3.63, 3.8) is 0 Å². The molecule has 0 aromatic carbocycles. The van der Waals surface area contributed by atoms with Gasteiger partial charge in [-0.25, -0.2) is 4.79 Å². The third-order valence-electron chi connectivity index (χ3n) is 2.92. The van der Waals surface area contributed by atoms with Gasteiger partial charge in [0.2, 0.25) is 11.8 Å². The number of nitrogens with zero attached hydrogens (tertiary/aromatic N) is 1. The van der Waals surface area contributed by atoms with Crippen LogP contribution in [0.25, 0.3) is 0 Å². The molecule has 0 spiro atoms. The summed E-state index contributed by atoms with van der Waals surface area (Å²) < 4.78 is 0. The molecule has 1 aliphatic heterocycles. The minimum absolute atomic E-state index is 0.0413. The van der Waals surface area contributed by atoms with Crippen molar-refractivity contribution < 1.29 is 14.4 Å². The predicted molar refractivity (Wildman–Crippen MR) is 70.4 cm³/mol. The van der Waals surface area contributed by atoms with Gasteiger partial charge < -0.3 is 10.6 Å². The molecule has 19 heavy (non-hydrogen) atoms. The number of hydrogen-bond donors (Lipinski definition) is 3. The maximum absolute atomic E-state index is 11.7. The average molecular weight is 268 g/mol. The largest absolute Gasteiger partial charge is 0.358 e. The Hall–Kier alpha value is -1.89. The lowest BCUT2D eigenvalue weighted by molar-refractivity contribution is -0.126. The zero-order chi connectivity index (χ0) is 14.3. The van der Waals surface area contributed by atoms with Gasteiger partial charge in [-0.15, -0.1) is 6.58 Å². The van der Waals surface area contributed by atoms with Crippen LogP contribution < -0.4 is 16.0 Å². The number of rotatable bonds is 5. The molecule has 3 N–H and O–H groups in total. The highest BCUT2D eigenvalue weighted by molar-refractivity contribution is 5.95. The van der Waals surface area contributed by atoms with Crippen LogP contribution in [0.2, 0.25) is 0 Å². The van der Waals surface area contributed by atoms with Gasteiger partial charge in [-0.1, -0.05) is 6.08 Å². The number of likely N-dealkylation sites (tertiary alicyclic amines) is 1. The van der Waals surface area contributed by atoms with Gasteiger partial charge in [0.1, 0.15) is 0 Å². The van der Waals surface area contributed by atoms with Crippen LogP contribution in [0.4, 0.5) is 4.79 Å². The fourth-order valence-corrected chi connectivity index (χ4v) is 2.04. The Bertz CT molecular complexity index is 370. The Morgan fingerprint density at radius 2 is 2.16 bits per heavy atom. The van der Waals surface area contributed by atoms with Gasteiger partial charge in [-0.3, -0.25) is 19.8 Å². The summed E-state index contributed by atoms with van der Waals surface area (Å²) in [7, 11) is 1.57. The maximum atomic E-state index is 11.7. The lowest BCUT2D eigenvalue weighted by Crippen LogP contribution is -2.48. The van der Waals surface area contributed by atoms with Gasteiger partial charge in [0.15, 0.2) is 0 Å². The summed E-state index contributed by atoms with van der Waals surface area (Å²) in [5, 5.41) is 7.23. The van der Waals surface area contributed by atoms with Crippen LogP contribution in [0.5, 0.6) is 0 Å². The third-order valence-corrected chi connectivity index (χ3v) is 2.92. The fourth-order valence-electron chi connectivity index (χ4n) is 2.04. The molecule has 106 valence electrons. The van der Waals surface area contributed by atoms with E-state index in [1.54, 1.807) is 11.9 Å². The van der Waals surface area contributed by atoms with Crippen LogP contribution in [0.1, 0.15) is 12.8 Å². The molecular weight excluding hydrogens is 248 g/mol. The standard InChI is InChI=1S/C12H20N4O3/c1-3-6-14-12(19)15-10(17)8-16-7-4-5-9(16)11(18)13-2/h3,9H,1,4-8H2,2H3,(H,13,18)(H2,14,15,17,19)/t9-/m0/s1. The topological polar surface area (TPSA) is 90.5 Å². The SMILES string of the molecule is C=CCNC(=O)NC(=O)CN1CCC[C@H]1C(=O)NC. The first kappa shape index (κ1) is 15.2. The van der Waals surface area contributed by atoms with E-state index in [2.05, 4.69) is 22.5 Å². The molecule has 0 bridgehead atoms. The summed E-state index contributed by atoms with van der Waals surface area (Å²) in [6.45, 7) is 4.47. The van der Waals surface area contributed by atoms with Gasteiger partial charge in [-0.05, 0) is 19.4 Å². The summed E-state index contributed by atoms with van der Waals surface area (Å²) in [4.78, 5) is 36.3. The van der Waals surface area contributed by atoms with E-state index in [4.69, 9.17) is 0 Å². The van der Waals surface area contributed by atoms with Crippen molar-refractivity contribution in [2.24, 2.45) is 0 Å². The number of carbonyl (C=O) groups is 3. The van der Waals surface area contributed by atoms with Crippen molar-refractivity contribution in [3.05, 3.63) is 12.7 Å². The van der Waals surface area contributed by atoms with Crippen molar-refractivity contribution >= 4 is 17.8 Å². The summed E-state index contributed by atoms with van der Waals surface area (Å²) in [5.74, 6) is -0.515. The molecule has 0 aromatic rings. The third kappa shape index (κ3) is 4.70. The monoisotopic (exact) mass is 268 g/mol. The van der Waals surface area contributed by atoms with E-state index >= 15 is 0 Å². The fraction of sp³-hybridized carbons (Fsp3) is 0.583. The van der Waals surface area contributed by atoms with Gasteiger partial charge in [0.25, 0.3) is 0 Å². The van der Waals surface area contributed by atoms with Crippen molar-refractivity contribution in [1.29, 1.82) is 0 Å². The van der Waals surface area contributed by atoms with Crippen molar-refractivity contribution in [1.82, 2.24) is 20.9 Å². The van der Waals surface area contributed by atoms with Crippen LogP contribution in [0, 0.1) is 0 Å². The number of imide groups is 1. The van der Waals surface area contributed by atoms with Gasteiger partial charge in [0.05, 0.1) is 12.6 Å². The first-order valence-corrected chi connectivity index (χ1v) is 6.22. The smallest absolute Gasteiger partial charge is 0.321 e. The lowest BCUT2D eigenvalue weighted by atomic mass is 10.2. The molecule has 0 radical (unpaired) electrons. The second-order valence-electron chi connectivity index (χ2n) is 4.29. The molecule has 1 atom stereocenters. The summed E-state index contributed by atoms with van der Waals surface area (Å²) in [5.41, 5.74) is 0. The molecule has 1 fully saturated rings. The van der Waals surface area contributed by atoms with Gasteiger partial charge >= 0.3 is 6.03 Å². The highest BCUT2D eigenvalue weighted by Crippen LogP contribution is 2.16. The highest BCUT2D eigenvalue weighted by atomic mass is 16.2. The van der Waals surface area contributed by atoms with Crippen LogP contribution in [-0.4, -0.2) is 55.5 Å². The quantitative estimate of drug-likeness (QED) is 0.570. The van der Waals surface area contributed by atoms with E-state index in [0.717, 1.165) is 12.8 Å². The Balaban J connectivity index is 2.41. The molecule has 7 nitrogen and oxygen atoms in total. The summed E-state index contributed by atoms with van der Waals surface area (Å²) >= 11 is 0. The number of nitrogens with one attached hydrogen (secondary N) is 3. The molecule has 1 aliphatic rings. The number of likely N-dealkylation sites (N-methyl/N-ethyl adjacent to an activating group) is 1. The molecule has 0 saturated carbocycles. The van der Waals surface area contributed by atoms with E-state index in [9.17, 15) is 14.4 Å². The van der Waals surface area contributed by atoms with Crippen molar-refractivity contribution in [3.8, 4) is 0 Å². The molecule has 1 saturated heterocycles. The van der Waals surface area contributed by atoms with Crippen molar-refractivity contribution in [2.75, 3.05) is 26.7 Å². The second kappa shape index (κ2) is 7.52. The summed E-state index contributed by atoms with van der Waals surface area (Å²) in [6.07, 6.45) is 3.12. The first-order chi connectivity index (χ1) is 9.08. The Labute approximate surface area is 112 Å². The van der Waals surface area contributed by atoms with E-state index in [0.29, 0.717) is 13.1 Å². The molecule has 1 heterocycles. The Morgan fingerprint density at radius 1 is 1.42 bits per heavy atom. The van der Waals surface area contributed by atoms with Crippen LogP contribution >= 0.6 is 0 Å². The Morgan fingerprint density at radius 3 is 2.79 bits per heavy atom. The van der Waals surface area contributed by atoms with Crippen LogP contribution in [0.15, 0.2) is 12.7 Å². The molecule has 0 aromatic heterocycles. The average Bonchev–Trinajstić information content (AvgIpc) is 2.83. The number of hydrogen-bond acceptors (Lipinski definition) is 4. The second-order valence-corrected chi connectivity index (χ2v) is 4.29. The molecule has 0 unspecified atom stereocenters. The van der Waals surface area contributed by atoms with E-state index < -0.39 is 11.9 Å². The van der Waals surface area contributed by atoms with Gasteiger partial charge in [-0.2, -0.15) is 0 Å². The molecule has 0 aliphatic carbocycles. The molecule has 7 heteroatoms. The predicted octanol–water partition coefficient (Wildman–Crippen LogP) is -0.791. The minimum atomic E-state index is -0.555. The van der Waals surface area contributed by atoms with E-state index in [1.807, 2.05) is 0 Å². The normalized spacial score (nSPS) is 18.7. The number of urea groups is 1. The summed E-state index contributed by atoms with van der Waals surface area (Å²) in [6, 6.07) is -0.840. The first-order valence-electron chi connectivity index (χ1n) is 6.22. The Kier molecular flexibility index (Phi) is 6.01. The maximum Gasteiger partial charge on any atom is 0.321 e. The molecule has 1 rings (SSSR count). The zero-order valence-corrected chi connectivity index (χ0v) is 11.1. The molecular formula is C12H20N4O3. The number of amides is 4. The van der Waals surface area contributed by atoms with E-state index in [1.165, 1.54) is 6.08 Å².